The fourth-order valence-corrected chi connectivity index (χ4v) is 4.11. The molecule has 12 heteroatoms. The number of aliphatic hydroxyl groups is 1. The summed E-state index contributed by atoms with van der Waals surface area (Å²) in [5, 5.41) is 15.6. The number of hydrogen-bond acceptors (Lipinski definition) is 5. The van der Waals surface area contributed by atoms with Gasteiger partial charge in [0.2, 0.25) is 5.95 Å². The van der Waals surface area contributed by atoms with Gasteiger partial charge in [-0.3, -0.25) is 0 Å². The molecular formula is C22H28F6N5O+. The summed E-state index contributed by atoms with van der Waals surface area (Å²) in [4.78, 5) is 7.62. The Morgan fingerprint density at radius 2 is 1.76 bits per heavy atom. The van der Waals surface area contributed by atoms with Gasteiger partial charge in [-0.05, 0) is 24.7 Å². The lowest BCUT2D eigenvalue weighted by Gasteiger charge is -2.40. The van der Waals surface area contributed by atoms with Gasteiger partial charge in [-0.15, -0.1) is 0 Å². The van der Waals surface area contributed by atoms with Crippen LogP contribution < -0.4 is 15.2 Å². The summed E-state index contributed by atoms with van der Waals surface area (Å²) in [6, 6.07) is 0.645. The predicted molar refractivity (Wildman–Crippen MR) is 113 cm³/mol. The van der Waals surface area contributed by atoms with Crippen molar-refractivity contribution in [3.05, 3.63) is 40.8 Å². The van der Waals surface area contributed by atoms with Gasteiger partial charge in [0.1, 0.15) is 18.4 Å². The van der Waals surface area contributed by atoms with Crippen LogP contribution in [-0.4, -0.2) is 27.2 Å². The summed E-state index contributed by atoms with van der Waals surface area (Å²) in [6.07, 6.45) is -6.66. The van der Waals surface area contributed by atoms with Crippen LogP contribution in [0.25, 0.3) is 0 Å². The molecule has 0 bridgehead atoms. The molecule has 1 aliphatic rings. The van der Waals surface area contributed by atoms with E-state index in [1.54, 1.807) is 7.05 Å². The molecule has 0 spiro atoms. The average molecular weight is 492 g/mol. The van der Waals surface area contributed by atoms with Crippen LogP contribution in [0.15, 0.2) is 18.5 Å². The summed E-state index contributed by atoms with van der Waals surface area (Å²) in [7, 11) is 1.60. The van der Waals surface area contributed by atoms with Crippen molar-refractivity contribution in [3.63, 3.8) is 0 Å². The summed E-state index contributed by atoms with van der Waals surface area (Å²) in [6.45, 7) is 4.87. The van der Waals surface area contributed by atoms with Gasteiger partial charge in [0.25, 0.3) is 0 Å². The quantitative estimate of drug-likeness (QED) is 0.420. The molecule has 0 unspecified atom stereocenters. The normalized spacial score (nSPS) is 20.8. The third-order valence-electron chi connectivity index (χ3n) is 6.25. The summed E-state index contributed by atoms with van der Waals surface area (Å²) >= 11 is 0. The van der Waals surface area contributed by atoms with Gasteiger partial charge in [-0.2, -0.15) is 31.3 Å². The highest BCUT2D eigenvalue weighted by Gasteiger charge is 2.39. The van der Waals surface area contributed by atoms with Crippen LogP contribution in [0.1, 0.15) is 55.5 Å². The zero-order valence-corrected chi connectivity index (χ0v) is 19.3. The zero-order valence-electron chi connectivity index (χ0n) is 19.3. The Morgan fingerprint density at radius 1 is 1.12 bits per heavy atom. The lowest BCUT2D eigenvalue weighted by molar-refractivity contribution is -0.678. The highest BCUT2D eigenvalue weighted by molar-refractivity contribution is 5.49. The van der Waals surface area contributed by atoms with Crippen LogP contribution >= 0.6 is 0 Å². The van der Waals surface area contributed by atoms with Gasteiger partial charge in [-0.25, -0.2) is 9.55 Å². The van der Waals surface area contributed by atoms with E-state index >= 15 is 0 Å². The van der Waals surface area contributed by atoms with Crippen LogP contribution in [0, 0.1) is 12.3 Å². The van der Waals surface area contributed by atoms with Crippen LogP contribution in [0.5, 0.6) is 0 Å². The van der Waals surface area contributed by atoms with E-state index in [2.05, 4.69) is 20.6 Å². The third kappa shape index (κ3) is 5.89. The van der Waals surface area contributed by atoms with Gasteiger partial charge in [-0.1, -0.05) is 13.8 Å². The van der Waals surface area contributed by atoms with Crippen molar-refractivity contribution in [2.24, 2.45) is 12.5 Å². The van der Waals surface area contributed by atoms with E-state index in [4.69, 9.17) is 0 Å². The van der Waals surface area contributed by atoms with E-state index in [0.29, 0.717) is 31.2 Å². The molecule has 0 saturated heterocycles. The highest BCUT2D eigenvalue weighted by Crippen LogP contribution is 2.39. The first kappa shape index (κ1) is 26.0. The van der Waals surface area contributed by atoms with Crippen LogP contribution in [0.3, 0.4) is 0 Å². The number of pyridine rings is 1. The maximum atomic E-state index is 13.6. The summed E-state index contributed by atoms with van der Waals surface area (Å²) < 4.78 is 82.6. The van der Waals surface area contributed by atoms with Gasteiger partial charge in [0.05, 0.1) is 11.7 Å². The smallest absolute Gasteiger partial charge is 0.393 e. The van der Waals surface area contributed by atoms with Crippen molar-refractivity contribution in [1.82, 2.24) is 9.97 Å². The number of rotatable bonds is 5. The standard InChI is InChI=1S/C22H28F6N5O/c1-12-7-15(21(23,24)25)13(11-33(12)4)9-29-19-30-10-16(22(26,27)28)18(32-19)31-14-5-6-17(34)20(2,3)8-14/h7,10-11,14,17,34H,5-6,8-9H2,1-4H3,(H2,29,30,31,32)/q+1/t14-,17+/m1/s1. The first-order valence-electron chi connectivity index (χ1n) is 10.8. The monoisotopic (exact) mass is 492 g/mol. The molecule has 2 atom stereocenters. The van der Waals surface area contributed by atoms with E-state index in [-0.39, 0.29) is 24.1 Å². The maximum absolute atomic E-state index is 13.6. The van der Waals surface area contributed by atoms with Gasteiger partial charge >= 0.3 is 12.4 Å². The molecule has 188 valence electrons. The molecular weight excluding hydrogens is 464 g/mol. The van der Waals surface area contributed by atoms with Gasteiger partial charge in [0, 0.05) is 37.3 Å². The van der Waals surface area contributed by atoms with Gasteiger partial charge < -0.3 is 15.7 Å². The van der Waals surface area contributed by atoms with E-state index in [0.717, 1.165) is 6.07 Å². The number of nitrogens with zero attached hydrogens (tertiary/aromatic N) is 3. The second kappa shape index (κ2) is 9.20. The zero-order chi connectivity index (χ0) is 25.5. The summed E-state index contributed by atoms with van der Waals surface area (Å²) in [5.74, 6) is -0.686. The number of aromatic nitrogens is 3. The molecule has 0 radical (unpaired) electrons. The first-order valence-corrected chi connectivity index (χ1v) is 10.8. The Kier molecular flexibility index (Phi) is 7.03. The molecule has 1 fully saturated rings. The van der Waals surface area contributed by atoms with E-state index in [1.165, 1.54) is 17.7 Å². The number of nitrogens with one attached hydrogen (secondary N) is 2. The first-order chi connectivity index (χ1) is 15.6. The third-order valence-corrected chi connectivity index (χ3v) is 6.25. The topological polar surface area (TPSA) is 74.0 Å². The molecule has 6 nitrogen and oxygen atoms in total. The molecule has 0 amide bonds. The van der Waals surface area contributed by atoms with Crippen molar-refractivity contribution in [2.75, 3.05) is 10.6 Å². The molecule has 0 aliphatic heterocycles. The molecule has 2 heterocycles. The van der Waals surface area contributed by atoms with E-state index in [1.807, 2.05) is 13.8 Å². The Labute approximate surface area is 193 Å². The Hall–Kier alpha value is -2.63. The van der Waals surface area contributed by atoms with Crippen LogP contribution in [-0.2, 0) is 25.9 Å². The fraction of sp³-hybridized carbons (Fsp3) is 0.591. The minimum atomic E-state index is -4.72. The van der Waals surface area contributed by atoms with Crippen LogP contribution in [0.2, 0.25) is 0 Å². The average Bonchev–Trinajstić information content (AvgIpc) is 2.69. The minimum absolute atomic E-state index is 0.0957. The Morgan fingerprint density at radius 3 is 2.35 bits per heavy atom. The molecule has 1 saturated carbocycles. The highest BCUT2D eigenvalue weighted by atomic mass is 19.4. The summed E-state index contributed by atoms with van der Waals surface area (Å²) in [5.41, 5.74) is -2.10. The minimum Gasteiger partial charge on any atom is -0.393 e. The number of anilines is 2. The molecule has 34 heavy (non-hydrogen) atoms. The molecule has 3 N–H and O–H groups in total. The fourth-order valence-electron chi connectivity index (χ4n) is 4.11. The van der Waals surface area contributed by atoms with Crippen molar-refractivity contribution < 1.29 is 36.0 Å². The number of alkyl halides is 6. The SMILES string of the molecule is Cc1cc(C(F)(F)F)c(CNc2ncc(C(F)(F)F)c(N[C@@H]3CC[C@H](O)C(C)(C)C3)n2)c[n+]1C. The van der Waals surface area contributed by atoms with Crippen molar-refractivity contribution in [1.29, 1.82) is 0 Å². The van der Waals surface area contributed by atoms with E-state index < -0.39 is 40.8 Å². The number of aryl methyl sites for hydroxylation is 2. The number of hydrogen-bond donors (Lipinski definition) is 3. The second-order valence-corrected chi connectivity index (χ2v) is 9.40. The second-order valence-electron chi connectivity index (χ2n) is 9.40. The lowest BCUT2D eigenvalue weighted by atomic mass is 9.73. The Balaban J connectivity index is 1.87. The molecule has 0 aromatic carbocycles. The molecule has 2 aromatic rings. The van der Waals surface area contributed by atoms with Gasteiger partial charge in [0.15, 0.2) is 11.9 Å². The molecule has 2 aromatic heterocycles. The Bertz CT molecular complexity index is 1040. The van der Waals surface area contributed by atoms with E-state index in [9.17, 15) is 31.4 Å². The van der Waals surface area contributed by atoms with Crippen LogP contribution in [0.4, 0.5) is 38.1 Å². The van der Waals surface area contributed by atoms with Crippen molar-refractivity contribution in [3.8, 4) is 0 Å². The maximum Gasteiger partial charge on any atom is 0.421 e. The predicted octanol–water partition coefficient (Wildman–Crippen LogP) is 4.61. The number of halogens is 6. The molecule has 1 aliphatic carbocycles. The largest absolute Gasteiger partial charge is 0.421 e. The molecule has 3 rings (SSSR count). The van der Waals surface area contributed by atoms with Crippen molar-refractivity contribution in [2.45, 2.75) is 71.1 Å². The number of aliphatic hydroxyl groups excluding tert-OH is 1. The van der Waals surface area contributed by atoms with Crippen molar-refractivity contribution >= 4 is 11.8 Å². The lowest BCUT2D eigenvalue weighted by Crippen LogP contribution is -2.41.